The number of rotatable bonds is 3. The normalized spacial score (nSPS) is 33.1. The second kappa shape index (κ2) is 6.27. The zero-order valence-electron chi connectivity index (χ0n) is 13.8. The van der Waals surface area contributed by atoms with Gasteiger partial charge in [0.1, 0.15) is 5.54 Å². The molecule has 1 amide bonds. The first-order valence-electron chi connectivity index (χ1n) is 9.30. The summed E-state index contributed by atoms with van der Waals surface area (Å²) >= 11 is 0. The highest BCUT2D eigenvalue weighted by atomic mass is 16.2. The smallest absolute Gasteiger partial charge is 0.248 e. The van der Waals surface area contributed by atoms with Crippen molar-refractivity contribution in [3.05, 3.63) is 18.5 Å². The van der Waals surface area contributed by atoms with Gasteiger partial charge in [-0.1, -0.05) is 19.3 Å². The topological polar surface area (TPSA) is 59.0 Å². The summed E-state index contributed by atoms with van der Waals surface area (Å²) in [4.78, 5) is 13.2. The summed E-state index contributed by atoms with van der Waals surface area (Å²) in [6, 6.07) is 2.28. The van der Waals surface area contributed by atoms with Gasteiger partial charge in [0.25, 0.3) is 0 Å². The van der Waals surface area contributed by atoms with Crippen molar-refractivity contribution in [1.82, 2.24) is 20.4 Å². The molecule has 3 aliphatic rings. The first-order chi connectivity index (χ1) is 11.3. The number of hydrogen-bond acceptors (Lipinski definition) is 3. The SMILES string of the molecule is O=C(NC1CCC2CCCC2C1)C1(n2cccn2)CCNCC1. The average molecular weight is 316 g/mol. The van der Waals surface area contributed by atoms with Gasteiger partial charge in [0.05, 0.1) is 0 Å². The molecule has 5 nitrogen and oxygen atoms in total. The lowest BCUT2D eigenvalue weighted by molar-refractivity contribution is -0.133. The fourth-order valence-electron chi connectivity index (χ4n) is 5.08. The highest BCUT2D eigenvalue weighted by molar-refractivity contribution is 5.84. The van der Waals surface area contributed by atoms with Gasteiger partial charge in [-0.05, 0) is 63.1 Å². The van der Waals surface area contributed by atoms with Crippen molar-refractivity contribution >= 4 is 5.91 Å². The molecule has 0 aromatic carbocycles. The van der Waals surface area contributed by atoms with Gasteiger partial charge in [-0.2, -0.15) is 5.10 Å². The average Bonchev–Trinajstić information content (AvgIpc) is 3.27. The number of nitrogens with one attached hydrogen (secondary N) is 2. The third kappa shape index (κ3) is 2.80. The van der Waals surface area contributed by atoms with Crippen molar-refractivity contribution < 1.29 is 4.79 Å². The van der Waals surface area contributed by atoms with Crippen LogP contribution in [0.5, 0.6) is 0 Å². The number of carbonyl (C=O) groups is 1. The van der Waals surface area contributed by atoms with Crippen LogP contribution in [0.2, 0.25) is 0 Å². The van der Waals surface area contributed by atoms with E-state index in [9.17, 15) is 4.79 Å². The van der Waals surface area contributed by atoms with Gasteiger partial charge in [-0.15, -0.1) is 0 Å². The molecule has 1 aromatic rings. The Balaban J connectivity index is 1.47. The summed E-state index contributed by atoms with van der Waals surface area (Å²) in [5.74, 6) is 1.97. The van der Waals surface area contributed by atoms with Crippen LogP contribution in [0.15, 0.2) is 18.5 Å². The van der Waals surface area contributed by atoms with Crippen molar-refractivity contribution in [2.45, 2.75) is 62.9 Å². The maximum Gasteiger partial charge on any atom is 0.248 e. The molecule has 1 aliphatic heterocycles. The van der Waals surface area contributed by atoms with Gasteiger partial charge in [-0.3, -0.25) is 9.48 Å². The first kappa shape index (κ1) is 15.2. The van der Waals surface area contributed by atoms with E-state index in [2.05, 4.69) is 15.7 Å². The lowest BCUT2D eigenvalue weighted by atomic mass is 9.78. The van der Waals surface area contributed by atoms with Gasteiger partial charge in [0.15, 0.2) is 0 Å². The van der Waals surface area contributed by atoms with Crippen LogP contribution in [-0.4, -0.2) is 34.8 Å². The zero-order chi connectivity index (χ0) is 15.7. The minimum Gasteiger partial charge on any atom is -0.351 e. The quantitative estimate of drug-likeness (QED) is 0.897. The Morgan fingerprint density at radius 3 is 2.78 bits per heavy atom. The van der Waals surface area contributed by atoms with Crippen molar-refractivity contribution in [1.29, 1.82) is 0 Å². The van der Waals surface area contributed by atoms with E-state index in [-0.39, 0.29) is 5.91 Å². The second-order valence-corrected chi connectivity index (χ2v) is 7.67. The molecule has 3 atom stereocenters. The third-order valence-electron chi connectivity index (χ3n) is 6.42. The van der Waals surface area contributed by atoms with E-state index in [0.717, 1.165) is 44.2 Å². The van der Waals surface area contributed by atoms with E-state index in [1.165, 1.54) is 32.1 Å². The number of hydrogen-bond donors (Lipinski definition) is 2. The summed E-state index contributed by atoms with van der Waals surface area (Å²) in [5.41, 5.74) is -0.499. The molecule has 5 heteroatoms. The Morgan fingerprint density at radius 2 is 2.00 bits per heavy atom. The molecule has 2 aliphatic carbocycles. The maximum atomic E-state index is 13.2. The van der Waals surface area contributed by atoms with Gasteiger partial charge < -0.3 is 10.6 Å². The van der Waals surface area contributed by atoms with Gasteiger partial charge in [-0.25, -0.2) is 0 Å². The third-order valence-corrected chi connectivity index (χ3v) is 6.42. The number of piperidine rings is 1. The summed E-state index contributed by atoms with van der Waals surface area (Å²) in [6.45, 7) is 1.76. The Kier molecular flexibility index (Phi) is 4.14. The lowest BCUT2D eigenvalue weighted by Crippen LogP contribution is -2.57. The van der Waals surface area contributed by atoms with Gasteiger partial charge in [0.2, 0.25) is 5.91 Å². The number of aromatic nitrogens is 2. The van der Waals surface area contributed by atoms with Crippen LogP contribution < -0.4 is 10.6 Å². The first-order valence-corrected chi connectivity index (χ1v) is 9.30. The van der Waals surface area contributed by atoms with E-state index < -0.39 is 5.54 Å². The van der Waals surface area contributed by atoms with Crippen LogP contribution in [0.4, 0.5) is 0 Å². The van der Waals surface area contributed by atoms with E-state index in [0.29, 0.717) is 6.04 Å². The molecule has 1 saturated heterocycles. The number of nitrogens with zero attached hydrogens (tertiary/aromatic N) is 2. The van der Waals surface area contributed by atoms with Crippen molar-refractivity contribution in [2.75, 3.05) is 13.1 Å². The van der Waals surface area contributed by atoms with Crippen LogP contribution in [0.3, 0.4) is 0 Å². The molecule has 1 aromatic heterocycles. The second-order valence-electron chi connectivity index (χ2n) is 7.67. The molecular formula is C18H28N4O. The Labute approximate surface area is 138 Å². The predicted octanol–water partition coefficient (Wildman–Crippen LogP) is 2.05. The molecule has 2 heterocycles. The number of carbonyl (C=O) groups excluding carboxylic acids is 1. The van der Waals surface area contributed by atoms with Crippen molar-refractivity contribution in [3.63, 3.8) is 0 Å². The maximum absolute atomic E-state index is 13.2. The van der Waals surface area contributed by atoms with Crippen molar-refractivity contribution in [2.24, 2.45) is 11.8 Å². The molecular weight excluding hydrogens is 288 g/mol. The minimum atomic E-state index is -0.499. The Morgan fingerprint density at radius 1 is 1.17 bits per heavy atom. The van der Waals surface area contributed by atoms with E-state index in [4.69, 9.17) is 0 Å². The summed E-state index contributed by atoms with van der Waals surface area (Å²) in [5, 5.41) is 11.2. The van der Waals surface area contributed by atoms with Crippen LogP contribution in [0.1, 0.15) is 51.4 Å². The lowest BCUT2D eigenvalue weighted by Gasteiger charge is -2.39. The molecule has 0 bridgehead atoms. The minimum absolute atomic E-state index is 0.184. The molecule has 23 heavy (non-hydrogen) atoms. The molecule has 2 saturated carbocycles. The Hall–Kier alpha value is -1.36. The number of fused-ring (bicyclic) bond motifs is 1. The number of amides is 1. The predicted molar refractivity (Wildman–Crippen MR) is 88.9 cm³/mol. The largest absolute Gasteiger partial charge is 0.351 e. The summed E-state index contributed by atoms with van der Waals surface area (Å²) in [6.07, 6.45) is 13.2. The zero-order valence-corrected chi connectivity index (χ0v) is 13.8. The van der Waals surface area contributed by atoms with E-state index in [1.54, 1.807) is 6.20 Å². The highest BCUT2D eigenvalue weighted by Crippen LogP contribution is 2.42. The summed E-state index contributed by atoms with van der Waals surface area (Å²) in [7, 11) is 0. The van der Waals surface area contributed by atoms with Gasteiger partial charge in [0, 0.05) is 18.4 Å². The van der Waals surface area contributed by atoms with Crippen LogP contribution in [-0.2, 0) is 10.3 Å². The summed E-state index contributed by atoms with van der Waals surface area (Å²) < 4.78 is 1.89. The molecule has 3 fully saturated rings. The standard InChI is InChI=1S/C18H28N4O/c23-17(21-16-6-5-14-3-1-4-15(14)13-16)18(7-10-19-11-8-18)22-12-2-9-20-22/h2,9,12,14-16,19H,1,3-8,10-11,13H2,(H,21,23). The molecule has 0 spiro atoms. The molecule has 2 N–H and O–H groups in total. The fourth-order valence-corrected chi connectivity index (χ4v) is 5.08. The van der Waals surface area contributed by atoms with Crippen LogP contribution in [0.25, 0.3) is 0 Å². The highest BCUT2D eigenvalue weighted by Gasteiger charge is 2.43. The fraction of sp³-hybridized carbons (Fsp3) is 0.778. The van der Waals surface area contributed by atoms with Crippen LogP contribution >= 0.6 is 0 Å². The van der Waals surface area contributed by atoms with Crippen LogP contribution in [0, 0.1) is 11.8 Å². The monoisotopic (exact) mass is 316 g/mol. The molecule has 126 valence electrons. The Bertz CT molecular complexity index is 535. The van der Waals surface area contributed by atoms with Crippen molar-refractivity contribution in [3.8, 4) is 0 Å². The molecule has 3 unspecified atom stereocenters. The molecule has 0 radical (unpaired) electrons. The van der Waals surface area contributed by atoms with E-state index in [1.807, 2.05) is 16.9 Å². The van der Waals surface area contributed by atoms with E-state index >= 15 is 0 Å². The molecule has 4 rings (SSSR count). The van der Waals surface area contributed by atoms with Gasteiger partial charge >= 0.3 is 0 Å².